The average Bonchev–Trinajstić information content (AvgIpc) is 2.27. The number of hydrogen-bond donors (Lipinski definition) is 1. The first-order valence-electron chi connectivity index (χ1n) is 2.92. The number of rotatable bonds is 0. The van der Waals surface area contributed by atoms with Crippen LogP contribution in [0.25, 0.3) is 5.65 Å². The van der Waals surface area contributed by atoms with E-state index in [1.54, 1.807) is 16.9 Å². The third-order valence-electron chi connectivity index (χ3n) is 1.26. The molecular weight excluding hydrogens is 164 g/mol. The Labute approximate surface area is 69.5 Å². The van der Waals surface area contributed by atoms with Gasteiger partial charge in [-0.05, 0) is 12.1 Å². The van der Waals surface area contributed by atoms with Crippen molar-refractivity contribution in [3.8, 4) is 0 Å². The Bertz CT molecular complexity index is 323. The highest BCUT2D eigenvalue weighted by Gasteiger charge is 1.94. The molecule has 4 nitrogen and oxygen atoms in total. The Kier molecular flexibility index (Phi) is 1.96. The average molecular weight is 171 g/mol. The van der Waals surface area contributed by atoms with Gasteiger partial charge in [-0.15, -0.1) is 12.4 Å². The molecule has 58 valence electrons. The summed E-state index contributed by atoms with van der Waals surface area (Å²) in [6, 6.07) is 3.67. The van der Waals surface area contributed by atoms with Gasteiger partial charge in [0.2, 0.25) is 0 Å². The Morgan fingerprint density at radius 3 is 3.00 bits per heavy atom. The predicted octanol–water partition coefficient (Wildman–Crippen LogP) is 0.733. The summed E-state index contributed by atoms with van der Waals surface area (Å²) in [4.78, 5) is 3.99. The molecule has 11 heavy (non-hydrogen) atoms. The van der Waals surface area contributed by atoms with Crippen LogP contribution in [-0.2, 0) is 0 Å². The molecule has 0 fully saturated rings. The van der Waals surface area contributed by atoms with Gasteiger partial charge in [-0.25, -0.2) is 9.50 Å². The number of imidazole rings is 1. The standard InChI is InChI=1S/C6H6N4.ClH/c7-5-4-10-6(9-5)2-1-3-8-10;/h1-4H,7H2;1H. The van der Waals surface area contributed by atoms with Gasteiger partial charge in [0.15, 0.2) is 5.65 Å². The quantitative estimate of drug-likeness (QED) is 0.634. The van der Waals surface area contributed by atoms with E-state index in [4.69, 9.17) is 5.73 Å². The predicted molar refractivity (Wildman–Crippen MR) is 44.6 cm³/mol. The summed E-state index contributed by atoms with van der Waals surface area (Å²) in [6.45, 7) is 0. The van der Waals surface area contributed by atoms with Crippen LogP contribution in [0.1, 0.15) is 0 Å². The second-order valence-corrected chi connectivity index (χ2v) is 1.99. The zero-order valence-electron chi connectivity index (χ0n) is 5.64. The van der Waals surface area contributed by atoms with Crippen LogP contribution in [0, 0.1) is 0 Å². The van der Waals surface area contributed by atoms with Gasteiger partial charge in [0, 0.05) is 6.20 Å². The van der Waals surface area contributed by atoms with Gasteiger partial charge in [-0.2, -0.15) is 5.10 Å². The highest BCUT2D eigenvalue weighted by atomic mass is 35.5. The van der Waals surface area contributed by atoms with E-state index in [1.165, 1.54) is 0 Å². The molecule has 2 rings (SSSR count). The van der Waals surface area contributed by atoms with Crippen LogP contribution in [0.5, 0.6) is 0 Å². The lowest BCUT2D eigenvalue weighted by atomic mass is 10.6. The molecule has 0 aromatic carbocycles. The summed E-state index contributed by atoms with van der Waals surface area (Å²) in [6.07, 6.45) is 3.36. The van der Waals surface area contributed by atoms with Gasteiger partial charge in [0.25, 0.3) is 0 Å². The Morgan fingerprint density at radius 1 is 1.45 bits per heavy atom. The minimum atomic E-state index is 0. The summed E-state index contributed by atoms with van der Waals surface area (Å²) >= 11 is 0. The van der Waals surface area contributed by atoms with Gasteiger partial charge in [-0.1, -0.05) is 0 Å². The van der Waals surface area contributed by atoms with E-state index < -0.39 is 0 Å². The molecule has 0 aliphatic rings. The van der Waals surface area contributed by atoms with Gasteiger partial charge in [0.1, 0.15) is 5.82 Å². The largest absolute Gasteiger partial charge is 0.382 e. The molecule has 0 saturated carbocycles. The van der Waals surface area contributed by atoms with E-state index >= 15 is 0 Å². The molecule has 0 atom stereocenters. The maximum absolute atomic E-state index is 5.42. The fourth-order valence-electron chi connectivity index (χ4n) is 0.849. The summed E-state index contributed by atoms with van der Waals surface area (Å²) in [5.74, 6) is 0.499. The molecular formula is C6H7ClN4. The van der Waals surface area contributed by atoms with E-state index in [0.29, 0.717) is 5.82 Å². The van der Waals surface area contributed by atoms with Crippen LogP contribution in [0.2, 0.25) is 0 Å². The molecule has 2 aromatic rings. The van der Waals surface area contributed by atoms with Crippen molar-refractivity contribution in [2.45, 2.75) is 0 Å². The minimum absolute atomic E-state index is 0. The van der Waals surface area contributed by atoms with E-state index in [9.17, 15) is 0 Å². The zero-order chi connectivity index (χ0) is 6.97. The Morgan fingerprint density at radius 2 is 2.27 bits per heavy atom. The van der Waals surface area contributed by atoms with Crippen molar-refractivity contribution >= 4 is 23.9 Å². The Hall–Kier alpha value is -1.29. The minimum Gasteiger partial charge on any atom is -0.382 e. The topological polar surface area (TPSA) is 56.2 Å². The number of anilines is 1. The van der Waals surface area contributed by atoms with Crippen LogP contribution in [0.3, 0.4) is 0 Å². The van der Waals surface area contributed by atoms with E-state index in [0.717, 1.165) is 5.65 Å². The summed E-state index contributed by atoms with van der Waals surface area (Å²) in [5, 5.41) is 3.98. The summed E-state index contributed by atoms with van der Waals surface area (Å²) in [5.41, 5.74) is 6.20. The van der Waals surface area contributed by atoms with E-state index in [-0.39, 0.29) is 12.4 Å². The Balaban J connectivity index is 0.000000605. The van der Waals surface area contributed by atoms with Crippen molar-refractivity contribution < 1.29 is 0 Å². The van der Waals surface area contributed by atoms with Crippen LogP contribution in [-0.4, -0.2) is 14.6 Å². The molecule has 5 heteroatoms. The highest BCUT2D eigenvalue weighted by Crippen LogP contribution is 2.01. The molecule has 0 aliphatic heterocycles. The number of nitrogens with two attached hydrogens (primary N) is 1. The lowest BCUT2D eigenvalue weighted by Gasteiger charge is -1.85. The zero-order valence-corrected chi connectivity index (χ0v) is 6.45. The lowest BCUT2D eigenvalue weighted by molar-refractivity contribution is 0.936. The normalized spacial score (nSPS) is 9.45. The fraction of sp³-hybridized carbons (Fsp3) is 0. The maximum atomic E-state index is 5.42. The number of hydrogen-bond acceptors (Lipinski definition) is 3. The lowest BCUT2D eigenvalue weighted by Crippen LogP contribution is -1.85. The summed E-state index contributed by atoms with van der Waals surface area (Å²) in [7, 11) is 0. The second kappa shape index (κ2) is 2.75. The first-order chi connectivity index (χ1) is 4.86. The van der Waals surface area contributed by atoms with Crippen molar-refractivity contribution in [3.05, 3.63) is 24.5 Å². The molecule has 0 aliphatic carbocycles. The van der Waals surface area contributed by atoms with Crippen LogP contribution in [0.15, 0.2) is 24.5 Å². The molecule has 0 bridgehead atoms. The molecule has 0 spiro atoms. The van der Waals surface area contributed by atoms with Crippen molar-refractivity contribution in [2.75, 3.05) is 5.73 Å². The van der Waals surface area contributed by atoms with Crippen molar-refractivity contribution in [3.63, 3.8) is 0 Å². The third kappa shape index (κ3) is 1.25. The van der Waals surface area contributed by atoms with Crippen molar-refractivity contribution in [2.24, 2.45) is 0 Å². The molecule has 0 radical (unpaired) electrons. The number of nitrogen functional groups attached to an aromatic ring is 1. The van der Waals surface area contributed by atoms with Gasteiger partial charge >= 0.3 is 0 Å². The first kappa shape index (κ1) is 7.81. The first-order valence-corrected chi connectivity index (χ1v) is 2.92. The van der Waals surface area contributed by atoms with Crippen LogP contribution in [0.4, 0.5) is 5.82 Å². The number of aromatic nitrogens is 3. The van der Waals surface area contributed by atoms with Gasteiger partial charge in [0.05, 0.1) is 6.20 Å². The third-order valence-corrected chi connectivity index (χ3v) is 1.26. The fourth-order valence-corrected chi connectivity index (χ4v) is 0.849. The number of fused-ring (bicyclic) bond motifs is 1. The molecule has 0 saturated heterocycles. The van der Waals surface area contributed by atoms with Crippen LogP contribution < -0.4 is 5.73 Å². The number of nitrogens with zero attached hydrogens (tertiary/aromatic N) is 3. The van der Waals surface area contributed by atoms with Crippen molar-refractivity contribution in [1.29, 1.82) is 0 Å². The number of halogens is 1. The second-order valence-electron chi connectivity index (χ2n) is 1.99. The monoisotopic (exact) mass is 170 g/mol. The molecule has 2 heterocycles. The summed E-state index contributed by atoms with van der Waals surface area (Å²) < 4.78 is 1.63. The van der Waals surface area contributed by atoms with E-state index in [2.05, 4.69) is 10.1 Å². The molecule has 2 N–H and O–H groups in total. The van der Waals surface area contributed by atoms with Gasteiger partial charge < -0.3 is 5.73 Å². The van der Waals surface area contributed by atoms with Gasteiger partial charge in [-0.3, -0.25) is 0 Å². The molecule has 0 unspecified atom stereocenters. The maximum Gasteiger partial charge on any atom is 0.155 e. The molecule has 0 amide bonds. The molecule has 2 aromatic heterocycles. The SMILES string of the molecule is Cl.Nc1cn2ncccc2n1. The smallest absolute Gasteiger partial charge is 0.155 e. The van der Waals surface area contributed by atoms with Crippen LogP contribution >= 0.6 is 12.4 Å². The van der Waals surface area contributed by atoms with E-state index in [1.807, 2.05) is 12.1 Å². The van der Waals surface area contributed by atoms with Crippen molar-refractivity contribution in [1.82, 2.24) is 14.6 Å². The highest BCUT2D eigenvalue weighted by molar-refractivity contribution is 5.85.